The van der Waals surface area contributed by atoms with Gasteiger partial charge in [-0.05, 0) is 50.2 Å². The van der Waals surface area contributed by atoms with Gasteiger partial charge in [-0.1, -0.05) is 0 Å². The second-order valence-corrected chi connectivity index (χ2v) is 5.33. The number of rotatable bonds is 5. The number of nitrogens with two attached hydrogens (primary N) is 1. The van der Waals surface area contributed by atoms with Gasteiger partial charge in [0.05, 0.1) is 6.61 Å². The Kier molecular flexibility index (Phi) is 4.02. The van der Waals surface area contributed by atoms with Gasteiger partial charge in [-0.3, -0.25) is 0 Å². The first-order valence-corrected chi connectivity index (χ1v) is 6.30. The van der Waals surface area contributed by atoms with Gasteiger partial charge in [0.1, 0.15) is 23.7 Å². The van der Waals surface area contributed by atoms with Crippen LogP contribution in [0.15, 0.2) is 40.8 Å². The molecule has 0 amide bonds. The molecule has 3 N–H and O–H groups in total. The molecule has 0 unspecified atom stereocenters. The van der Waals surface area contributed by atoms with Gasteiger partial charge in [0.25, 0.3) is 0 Å². The summed E-state index contributed by atoms with van der Waals surface area (Å²) in [4.78, 5) is 0. The number of hydrogen-bond acceptors (Lipinski definition) is 2. The number of quaternary nitrogens is 1. The fraction of sp³-hybridized carbons (Fsp3) is 0.333. The van der Waals surface area contributed by atoms with Crippen LogP contribution in [0.2, 0.25) is 0 Å². The summed E-state index contributed by atoms with van der Waals surface area (Å²) in [5.74, 6) is 1.31. The van der Waals surface area contributed by atoms with E-state index in [1.165, 1.54) is 12.1 Å². The normalized spacial score (nSPS) is 11.8. The molecule has 0 aliphatic carbocycles. The van der Waals surface area contributed by atoms with Gasteiger partial charge in [0.15, 0.2) is 5.76 Å². The lowest BCUT2D eigenvalue weighted by atomic mass is 10.1. The Morgan fingerprint density at radius 3 is 2.47 bits per heavy atom. The van der Waals surface area contributed by atoms with Crippen LogP contribution in [0.3, 0.4) is 0 Å². The number of halogens is 1. The van der Waals surface area contributed by atoms with Gasteiger partial charge in [-0.2, -0.15) is 0 Å². The lowest BCUT2D eigenvalue weighted by Gasteiger charge is -2.18. The number of hydrogen-bond donors (Lipinski definition) is 2. The summed E-state index contributed by atoms with van der Waals surface area (Å²) in [6, 6.07) is 10.0. The van der Waals surface area contributed by atoms with Crippen molar-refractivity contribution in [1.29, 1.82) is 0 Å². The first-order valence-electron chi connectivity index (χ1n) is 6.30. The molecule has 0 bridgehead atoms. The summed E-state index contributed by atoms with van der Waals surface area (Å²) in [6.45, 7) is 4.71. The van der Waals surface area contributed by atoms with Crippen LogP contribution in [0.4, 0.5) is 4.39 Å². The first-order chi connectivity index (χ1) is 9.00. The fourth-order valence-electron chi connectivity index (χ4n) is 1.70. The van der Waals surface area contributed by atoms with Crippen molar-refractivity contribution in [2.75, 3.05) is 6.61 Å². The maximum Gasteiger partial charge on any atom is 0.158 e. The molecule has 102 valence electrons. The number of aliphatic hydroxyl groups excluding tert-OH is 1. The zero-order valence-electron chi connectivity index (χ0n) is 11.2. The van der Waals surface area contributed by atoms with E-state index in [0.29, 0.717) is 6.54 Å². The molecule has 0 atom stereocenters. The Morgan fingerprint density at radius 1 is 1.16 bits per heavy atom. The molecule has 0 aliphatic heterocycles. The first kappa shape index (κ1) is 13.8. The highest BCUT2D eigenvalue weighted by Crippen LogP contribution is 2.22. The standard InChI is InChI=1S/C15H18FNO2/c1-15(2,10-18)17-9-13-7-8-14(19-13)11-3-5-12(16)6-4-11/h3-8,17-18H,9-10H2,1-2H3/p+1. The Morgan fingerprint density at radius 2 is 1.84 bits per heavy atom. The van der Waals surface area contributed by atoms with Crippen molar-refractivity contribution in [2.45, 2.75) is 25.9 Å². The maximum atomic E-state index is 12.8. The summed E-state index contributed by atoms with van der Waals surface area (Å²) < 4.78 is 18.6. The predicted octanol–water partition coefficient (Wildman–Crippen LogP) is 1.92. The van der Waals surface area contributed by atoms with E-state index < -0.39 is 0 Å². The minimum atomic E-state index is -0.256. The molecule has 0 spiro atoms. The molecular formula is C15H19FNO2+. The van der Waals surface area contributed by atoms with E-state index in [-0.39, 0.29) is 18.0 Å². The minimum absolute atomic E-state index is 0.110. The van der Waals surface area contributed by atoms with Crippen molar-refractivity contribution in [1.82, 2.24) is 0 Å². The van der Waals surface area contributed by atoms with Gasteiger partial charge < -0.3 is 14.8 Å². The van der Waals surface area contributed by atoms with Crippen LogP contribution in [-0.4, -0.2) is 17.3 Å². The minimum Gasteiger partial charge on any atom is -0.455 e. The molecule has 4 heteroatoms. The van der Waals surface area contributed by atoms with Gasteiger partial charge in [-0.25, -0.2) is 4.39 Å². The van der Waals surface area contributed by atoms with E-state index in [1.54, 1.807) is 12.1 Å². The van der Waals surface area contributed by atoms with Crippen molar-refractivity contribution in [2.24, 2.45) is 0 Å². The molecule has 0 saturated heterocycles. The van der Waals surface area contributed by atoms with E-state index in [1.807, 2.05) is 31.3 Å². The lowest BCUT2D eigenvalue weighted by Crippen LogP contribution is -2.95. The number of benzene rings is 1. The zero-order chi connectivity index (χ0) is 13.9. The maximum absolute atomic E-state index is 12.8. The predicted molar refractivity (Wildman–Crippen MR) is 70.9 cm³/mol. The zero-order valence-corrected chi connectivity index (χ0v) is 11.2. The monoisotopic (exact) mass is 264 g/mol. The van der Waals surface area contributed by atoms with Crippen LogP contribution < -0.4 is 5.32 Å². The molecular weight excluding hydrogens is 245 g/mol. The second kappa shape index (κ2) is 5.55. The van der Waals surface area contributed by atoms with E-state index >= 15 is 0 Å². The third-order valence-electron chi connectivity index (χ3n) is 3.05. The van der Waals surface area contributed by atoms with Crippen LogP contribution in [-0.2, 0) is 6.54 Å². The highest BCUT2D eigenvalue weighted by atomic mass is 19.1. The summed E-state index contributed by atoms with van der Waals surface area (Å²) >= 11 is 0. The van der Waals surface area contributed by atoms with Gasteiger partial charge in [0.2, 0.25) is 0 Å². The molecule has 3 nitrogen and oxygen atoms in total. The number of furan rings is 1. The summed E-state index contributed by atoms with van der Waals surface area (Å²) in [7, 11) is 0. The smallest absolute Gasteiger partial charge is 0.158 e. The van der Waals surface area contributed by atoms with E-state index in [9.17, 15) is 9.50 Å². The van der Waals surface area contributed by atoms with Crippen LogP contribution in [0, 0.1) is 5.82 Å². The fourth-order valence-corrected chi connectivity index (χ4v) is 1.70. The molecule has 0 aliphatic rings. The Bertz CT molecular complexity index is 531. The molecule has 1 aromatic heterocycles. The quantitative estimate of drug-likeness (QED) is 0.867. The Balaban J connectivity index is 2.05. The number of aliphatic hydroxyl groups is 1. The van der Waals surface area contributed by atoms with Gasteiger partial charge in [0, 0.05) is 5.56 Å². The topological polar surface area (TPSA) is 50.0 Å². The molecule has 0 fully saturated rings. The highest BCUT2D eigenvalue weighted by Gasteiger charge is 2.20. The van der Waals surface area contributed by atoms with Gasteiger partial charge >= 0.3 is 0 Å². The molecule has 1 heterocycles. The van der Waals surface area contributed by atoms with E-state index in [0.717, 1.165) is 17.1 Å². The molecule has 19 heavy (non-hydrogen) atoms. The lowest BCUT2D eigenvalue weighted by molar-refractivity contribution is -0.738. The van der Waals surface area contributed by atoms with Crippen molar-refractivity contribution < 1.29 is 19.2 Å². The molecule has 2 aromatic rings. The average Bonchev–Trinajstić information content (AvgIpc) is 2.86. The highest BCUT2D eigenvalue weighted by molar-refractivity contribution is 5.57. The molecule has 0 saturated carbocycles. The third-order valence-corrected chi connectivity index (χ3v) is 3.05. The molecule has 0 radical (unpaired) electrons. The van der Waals surface area contributed by atoms with Crippen LogP contribution >= 0.6 is 0 Å². The van der Waals surface area contributed by atoms with Gasteiger partial charge in [-0.15, -0.1) is 0 Å². The van der Waals surface area contributed by atoms with Crippen molar-refractivity contribution in [3.05, 3.63) is 48.0 Å². The van der Waals surface area contributed by atoms with Crippen LogP contribution in [0.1, 0.15) is 19.6 Å². The van der Waals surface area contributed by atoms with Crippen LogP contribution in [0.5, 0.6) is 0 Å². The summed E-state index contributed by atoms with van der Waals surface area (Å²) in [5.41, 5.74) is 0.636. The van der Waals surface area contributed by atoms with E-state index in [4.69, 9.17) is 4.42 Å². The largest absolute Gasteiger partial charge is 0.455 e. The van der Waals surface area contributed by atoms with Crippen LogP contribution in [0.25, 0.3) is 11.3 Å². The summed E-state index contributed by atoms with van der Waals surface area (Å²) in [6.07, 6.45) is 0. The second-order valence-electron chi connectivity index (χ2n) is 5.33. The van der Waals surface area contributed by atoms with Crippen molar-refractivity contribution in [3.63, 3.8) is 0 Å². The molecule has 2 rings (SSSR count). The van der Waals surface area contributed by atoms with Crippen molar-refractivity contribution in [3.8, 4) is 11.3 Å². The SMILES string of the molecule is CC(C)(CO)[NH2+]Cc1ccc(-c2ccc(F)cc2)o1. The Labute approximate surface area is 112 Å². The van der Waals surface area contributed by atoms with E-state index in [2.05, 4.69) is 0 Å². The third kappa shape index (κ3) is 3.66. The average molecular weight is 264 g/mol. The Hall–Kier alpha value is -1.65. The molecule has 1 aromatic carbocycles. The summed E-state index contributed by atoms with van der Waals surface area (Å²) in [5, 5.41) is 11.2. The van der Waals surface area contributed by atoms with Crippen molar-refractivity contribution >= 4 is 0 Å².